The molecule has 2 fully saturated rings. The molecular formula is C16H23NO. The Hall–Kier alpha value is -1.02. The molecule has 0 aromatic heterocycles. The highest BCUT2D eigenvalue weighted by atomic mass is 16.5. The third-order valence-electron chi connectivity index (χ3n) is 4.57. The van der Waals surface area contributed by atoms with Crippen molar-refractivity contribution in [2.75, 3.05) is 7.11 Å². The summed E-state index contributed by atoms with van der Waals surface area (Å²) < 4.78 is 5.19. The maximum absolute atomic E-state index is 5.19. The van der Waals surface area contributed by atoms with Gasteiger partial charge in [-0.1, -0.05) is 19.1 Å². The number of hydrogen-bond donors (Lipinski definition) is 1. The second-order valence-corrected chi connectivity index (χ2v) is 6.08. The number of ether oxygens (including phenoxy) is 1. The smallest absolute Gasteiger partial charge is 0.118 e. The number of benzene rings is 1. The van der Waals surface area contributed by atoms with Gasteiger partial charge in [0.25, 0.3) is 0 Å². The Morgan fingerprint density at radius 3 is 2.17 bits per heavy atom. The second kappa shape index (κ2) is 4.93. The highest BCUT2D eigenvalue weighted by Crippen LogP contribution is 2.39. The van der Waals surface area contributed by atoms with Gasteiger partial charge in [0.1, 0.15) is 5.75 Å². The quantitative estimate of drug-likeness (QED) is 0.878. The molecule has 0 amide bonds. The van der Waals surface area contributed by atoms with E-state index < -0.39 is 0 Å². The van der Waals surface area contributed by atoms with Gasteiger partial charge in [-0.25, -0.2) is 0 Å². The van der Waals surface area contributed by atoms with Crippen molar-refractivity contribution in [3.63, 3.8) is 0 Å². The monoisotopic (exact) mass is 245 g/mol. The van der Waals surface area contributed by atoms with E-state index in [-0.39, 0.29) is 0 Å². The minimum atomic E-state index is 0.755. The molecule has 0 atom stereocenters. The number of rotatable bonds is 4. The Labute approximate surface area is 110 Å². The summed E-state index contributed by atoms with van der Waals surface area (Å²) in [5.74, 6) is 2.65. The van der Waals surface area contributed by atoms with E-state index in [1.54, 1.807) is 7.11 Å². The van der Waals surface area contributed by atoms with Crippen molar-refractivity contribution in [2.24, 2.45) is 5.92 Å². The SMILES string of the molecule is COc1ccc(C2CC(NC3CC(C)C3)C2)cc1. The Bertz CT molecular complexity index is 388. The average molecular weight is 245 g/mol. The summed E-state index contributed by atoms with van der Waals surface area (Å²) in [6.45, 7) is 2.35. The van der Waals surface area contributed by atoms with Crippen LogP contribution in [-0.4, -0.2) is 19.2 Å². The molecule has 0 spiro atoms. The summed E-state index contributed by atoms with van der Waals surface area (Å²) in [7, 11) is 1.72. The lowest BCUT2D eigenvalue weighted by Gasteiger charge is -2.43. The van der Waals surface area contributed by atoms with Crippen molar-refractivity contribution >= 4 is 0 Å². The van der Waals surface area contributed by atoms with Crippen molar-refractivity contribution < 1.29 is 4.74 Å². The molecule has 0 unspecified atom stereocenters. The van der Waals surface area contributed by atoms with Gasteiger partial charge in [0.05, 0.1) is 7.11 Å². The van der Waals surface area contributed by atoms with Crippen molar-refractivity contribution in [3.8, 4) is 5.75 Å². The average Bonchev–Trinajstić information content (AvgIpc) is 2.31. The lowest BCUT2D eigenvalue weighted by molar-refractivity contribution is 0.177. The van der Waals surface area contributed by atoms with E-state index in [1.807, 2.05) is 0 Å². The van der Waals surface area contributed by atoms with Gasteiger partial charge in [0.15, 0.2) is 0 Å². The molecule has 0 radical (unpaired) electrons. The van der Waals surface area contributed by atoms with Crippen LogP contribution in [0.5, 0.6) is 5.75 Å². The first-order chi connectivity index (χ1) is 8.74. The molecule has 1 aromatic rings. The van der Waals surface area contributed by atoms with E-state index in [1.165, 1.54) is 31.2 Å². The molecule has 18 heavy (non-hydrogen) atoms. The molecule has 1 aromatic carbocycles. The summed E-state index contributed by atoms with van der Waals surface area (Å²) in [5.41, 5.74) is 1.47. The Morgan fingerprint density at radius 2 is 1.61 bits per heavy atom. The Kier molecular flexibility index (Phi) is 3.29. The maximum Gasteiger partial charge on any atom is 0.118 e. The molecule has 1 N–H and O–H groups in total. The molecule has 98 valence electrons. The van der Waals surface area contributed by atoms with E-state index >= 15 is 0 Å². The highest BCUT2D eigenvalue weighted by molar-refractivity contribution is 5.31. The third-order valence-corrected chi connectivity index (χ3v) is 4.57. The fourth-order valence-corrected chi connectivity index (χ4v) is 3.27. The van der Waals surface area contributed by atoms with Crippen LogP contribution in [0.4, 0.5) is 0 Å². The standard InChI is InChI=1S/C16H23NO/c1-11-7-14(8-11)17-15-9-13(10-15)12-3-5-16(18-2)6-4-12/h3-6,11,13-15,17H,7-10H2,1-2H3. The molecule has 3 rings (SSSR count). The van der Waals surface area contributed by atoms with Gasteiger partial charge in [-0.05, 0) is 55.2 Å². The van der Waals surface area contributed by atoms with Gasteiger partial charge >= 0.3 is 0 Å². The Balaban J connectivity index is 1.46. The van der Waals surface area contributed by atoms with Gasteiger partial charge in [-0.2, -0.15) is 0 Å². The predicted octanol–water partition coefficient (Wildman–Crippen LogP) is 3.33. The normalized spacial score (nSPS) is 34.6. The first-order valence-corrected chi connectivity index (χ1v) is 7.14. The van der Waals surface area contributed by atoms with Crippen LogP contribution >= 0.6 is 0 Å². The summed E-state index contributed by atoms with van der Waals surface area (Å²) in [5, 5.41) is 3.78. The van der Waals surface area contributed by atoms with Crippen LogP contribution in [0.3, 0.4) is 0 Å². The van der Waals surface area contributed by atoms with Crippen molar-refractivity contribution in [3.05, 3.63) is 29.8 Å². The van der Waals surface area contributed by atoms with E-state index in [9.17, 15) is 0 Å². The fraction of sp³-hybridized carbons (Fsp3) is 0.625. The van der Waals surface area contributed by atoms with Crippen LogP contribution in [0.25, 0.3) is 0 Å². The molecule has 0 aliphatic heterocycles. The topological polar surface area (TPSA) is 21.3 Å². The van der Waals surface area contributed by atoms with Crippen molar-refractivity contribution in [2.45, 2.75) is 50.6 Å². The number of hydrogen-bond acceptors (Lipinski definition) is 2. The van der Waals surface area contributed by atoms with Crippen LogP contribution < -0.4 is 10.1 Å². The van der Waals surface area contributed by atoms with Crippen LogP contribution in [0, 0.1) is 5.92 Å². The number of nitrogens with one attached hydrogen (secondary N) is 1. The summed E-state index contributed by atoms with van der Waals surface area (Å²) in [6, 6.07) is 10.1. The van der Waals surface area contributed by atoms with Crippen LogP contribution in [0.2, 0.25) is 0 Å². The van der Waals surface area contributed by atoms with E-state index in [4.69, 9.17) is 4.74 Å². The van der Waals surface area contributed by atoms with Crippen LogP contribution in [0.15, 0.2) is 24.3 Å². The molecule has 0 saturated heterocycles. The molecule has 2 aliphatic rings. The second-order valence-electron chi connectivity index (χ2n) is 6.08. The molecule has 0 bridgehead atoms. The minimum Gasteiger partial charge on any atom is -0.497 e. The number of methoxy groups -OCH3 is 1. The van der Waals surface area contributed by atoms with Crippen LogP contribution in [-0.2, 0) is 0 Å². The fourth-order valence-electron chi connectivity index (χ4n) is 3.27. The van der Waals surface area contributed by atoms with Gasteiger partial charge in [-0.3, -0.25) is 0 Å². The molecule has 2 heteroatoms. The molecule has 2 aliphatic carbocycles. The van der Waals surface area contributed by atoms with E-state index in [0.29, 0.717) is 0 Å². The zero-order chi connectivity index (χ0) is 12.5. The molecule has 2 nitrogen and oxygen atoms in total. The highest BCUT2D eigenvalue weighted by Gasteiger charge is 2.34. The zero-order valence-electron chi connectivity index (χ0n) is 11.4. The van der Waals surface area contributed by atoms with Gasteiger partial charge < -0.3 is 10.1 Å². The van der Waals surface area contributed by atoms with Gasteiger partial charge in [0.2, 0.25) is 0 Å². The lowest BCUT2D eigenvalue weighted by atomic mass is 9.73. The van der Waals surface area contributed by atoms with Crippen LogP contribution in [0.1, 0.15) is 44.1 Å². The molecule has 0 heterocycles. The predicted molar refractivity (Wildman–Crippen MR) is 74.1 cm³/mol. The first-order valence-electron chi connectivity index (χ1n) is 7.14. The largest absolute Gasteiger partial charge is 0.497 e. The van der Waals surface area contributed by atoms with Crippen molar-refractivity contribution in [1.82, 2.24) is 5.32 Å². The van der Waals surface area contributed by atoms with E-state index in [2.05, 4.69) is 36.5 Å². The first kappa shape index (κ1) is 12.0. The zero-order valence-corrected chi connectivity index (χ0v) is 11.4. The van der Waals surface area contributed by atoms with Crippen molar-refractivity contribution in [1.29, 1.82) is 0 Å². The van der Waals surface area contributed by atoms with Gasteiger partial charge in [0, 0.05) is 12.1 Å². The summed E-state index contributed by atoms with van der Waals surface area (Å²) in [6.07, 6.45) is 5.36. The molecule has 2 saturated carbocycles. The third kappa shape index (κ3) is 2.39. The van der Waals surface area contributed by atoms with Gasteiger partial charge in [-0.15, -0.1) is 0 Å². The lowest BCUT2D eigenvalue weighted by Crippen LogP contribution is -2.50. The Morgan fingerprint density at radius 1 is 1.00 bits per heavy atom. The minimum absolute atomic E-state index is 0.755. The molecular weight excluding hydrogens is 222 g/mol. The maximum atomic E-state index is 5.19. The summed E-state index contributed by atoms with van der Waals surface area (Å²) in [4.78, 5) is 0. The summed E-state index contributed by atoms with van der Waals surface area (Å²) >= 11 is 0. The van der Waals surface area contributed by atoms with E-state index in [0.717, 1.165) is 29.7 Å².